The Balaban J connectivity index is 1.82. The molecule has 0 aromatic heterocycles. The second-order valence-electron chi connectivity index (χ2n) is 6.25. The van der Waals surface area contributed by atoms with Gasteiger partial charge in [-0.3, -0.25) is 4.79 Å². The topological polar surface area (TPSA) is 46.3 Å². The lowest BCUT2D eigenvalue weighted by Crippen LogP contribution is -2.41. The highest BCUT2D eigenvalue weighted by atomic mass is 16.2. The molecule has 3 nitrogen and oxygen atoms in total. The van der Waals surface area contributed by atoms with Crippen molar-refractivity contribution in [3.8, 4) is 0 Å². The molecule has 108 valence electrons. The van der Waals surface area contributed by atoms with E-state index in [1.807, 2.05) is 0 Å². The van der Waals surface area contributed by atoms with Gasteiger partial charge < -0.3 is 10.6 Å². The van der Waals surface area contributed by atoms with Crippen LogP contribution in [0, 0.1) is 12.8 Å². The molecule has 1 aliphatic heterocycles. The highest BCUT2D eigenvalue weighted by molar-refractivity contribution is 5.80. The summed E-state index contributed by atoms with van der Waals surface area (Å²) in [6.07, 6.45) is 5.25. The van der Waals surface area contributed by atoms with Gasteiger partial charge in [-0.1, -0.05) is 30.7 Å². The van der Waals surface area contributed by atoms with E-state index >= 15 is 0 Å². The van der Waals surface area contributed by atoms with Crippen molar-refractivity contribution >= 4 is 5.91 Å². The number of benzene rings is 1. The van der Waals surface area contributed by atoms with Crippen LogP contribution in [-0.4, -0.2) is 23.4 Å². The van der Waals surface area contributed by atoms with Crippen LogP contribution in [0.2, 0.25) is 0 Å². The van der Waals surface area contributed by atoms with Crippen LogP contribution >= 0.6 is 0 Å². The molecule has 1 aromatic rings. The molecule has 3 atom stereocenters. The summed E-state index contributed by atoms with van der Waals surface area (Å²) in [7, 11) is 0. The Morgan fingerprint density at radius 3 is 2.70 bits per heavy atom. The Morgan fingerprint density at radius 1 is 1.20 bits per heavy atom. The van der Waals surface area contributed by atoms with Crippen molar-refractivity contribution in [1.29, 1.82) is 0 Å². The normalized spacial score (nSPS) is 29.9. The zero-order valence-corrected chi connectivity index (χ0v) is 12.2. The smallest absolute Gasteiger partial charge is 0.227 e. The van der Waals surface area contributed by atoms with Crippen LogP contribution < -0.4 is 5.73 Å². The highest BCUT2D eigenvalue weighted by Gasteiger charge is 2.38. The van der Waals surface area contributed by atoms with Crippen molar-refractivity contribution in [1.82, 2.24) is 4.90 Å². The van der Waals surface area contributed by atoms with Crippen LogP contribution in [0.3, 0.4) is 0 Å². The molecule has 1 amide bonds. The van der Waals surface area contributed by atoms with Crippen molar-refractivity contribution in [2.75, 3.05) is 6.54 Å². The van der Waals surface area contributed by atoms with Gasteiger partial charge in [-0.25, -0.2) is 0 Å². The minimum Gasteiger partial charge on any atom is -0.335 e. The molecular formula is C17H24N2O. The van der Waals surface area contributed by atoms with Gasteiger partial charge in [0.15, 0.2) is 0 Å². The van der Waals surface area contributed by atoms with E-state index in [9.17, 15) is 4.79 Å². The van der Waals surface area contributed by atoms with Gasteiger partial charge in [0, 0.05) is 12.6 Å². The number of hydrogen-bond donors (Lipinski definition) is 1. The first-order valence-electron chi connectivity index (χ1n) is 7.80. The molecule has 3 heteroatoms. The van der Waals surface area contributed by atoms with E-state index in [4.69, 9.17) is 5.73 Å². The molecule has 1 saturated heterocycles. The maximum absolute atomic E-state index is 12.8. The first-order chi connectivity index (χ1) is 9.68. The molecule has 20 heavy (non-hydrogen) atoms. The molecule has 1 aliphatic carbocycles. The van der Waals surface area contributed by atoms with Crippen molar-refractivity contribution < 1.29 is 4.79 Å². The third kappa shape index (κ3) is 2.35. The summed E-state index contributed by atoms with van der Waals surface area (Å²) < 4.78 is 0. The number of carbonyl (C=O) groups excluding carboxylic acids is 1. The Labute approximate surface area is 121 Å². The standard InChI is InChI=1S/C17H24N2O/c1-12-6-2-3-7-13(12)16-10-5-11-19(16)17(20)14-8-4-9-15(14)18/h2-3,6-7,14-16H,4-5,8-11,18H2,1H3. The quantitative estimate of drug-likeness (QED) is 0.900. The molecule has 2 fully saturated rings. The Kier molecular flexibility index (Phi) is 3.79. The molecule has 2 aliphatic rings. The fraction of sp³-hybridized carbons (Fsp3) is 0.588. The van der Waals surface area contributed by atoms with Gasteiger partial charge in [0.05, 0.1) is 12.0 Å². The van der Waals surface area contributed by atoms with Gasteiger partial charge in [0.2, 0.25) is 5.91 Å². The van der Waals surface area contributed by atoms with Gasteiger partial charge in [-0.2, -0.15) is 0 Å². The van der Waals surface area contributed by atoms with Crippen LogP contribution in [0.15, 0.2) is 24.3 Å². The van der Waals surface area contributed by atoms with Crippen molar-refractivity contribution in [3.05, 3.63) is 35.4 Å². The lowest BCUT2D eigenvalue weighted by molar-refractivity contribution is -0.136. The van der Waals surface area contributed by atoms with Crippen molar-refractivity contribution in [2.45, 2.75) is 51.1 Å². The lowest BCUT2D eigenvalue weighted by Gasteiger charge is -2.30. The summed E-state index contributed by atoms with van der Waals surface area (Å²) in [5.41, 5.74) is 8.71. The minimum absolute atomic E-state index is 0.0552. The van der Waals surface area contributed by atoms with E-state index in [1.54, 1.807) is 0 Å². The number of rotatable bonds is 2. The van der Waals surface area contributed by atoms with E-state index < -0.39 is 0 Å². The third-order valence-electron chi connectivity index (χ3n) is 4.97. The number of amides is 1. The van der Waals surface area contributed by atoms with Gasteiger partial charge in [0.1, 0.15) is 0 Å². The van der Waals surface area contributed by atoms with E-state index in [2.05, 4.69) is 36.1 Å². The zero-order valence-electron chi connectivity index (χ0n) is 12.2. The van der Waals surface area contributed by atoms with Crippen LogP contribution in [0.5, 0.6) is 0 Å². The van der Waals surface area contributed by atoms with E-state index in [1.165, 1.54) is 11.1 Å². The Morgan fingerprint density at radius 2 is 2.00 bits per heavy atom. The predicted octanol–water partition coefficient (Wildman–Crippen LogP) is 2.79. The fourth-order valence-corrected chi connectivity index (χ4v) is 3.82. The fourth-order valence-electron chi connectivity index (χ4n) is 3.82. The van der Waals surface area contributed by atoms with Gasteiger partial charge >= 0.3 is 0 Å². The second kappa shape index (κ2) is 5.57. The lowest BCUT2D eigenvalue weighted by atomic mass is 9.97. The third-order valence-corrected chi connectivity index (χ3v) is 4.97. The molecule has 0 bridgehead atoms. The van der Waals surface area contributed by atoms with Crippen LogP contribution in [0.4, 0.5) is 0 Å². The molecule has 1 heterocycles. The second-order valence-corrected chi connectivity index (χ2v) is 6.25. The van der Waals surface area contributed by atoms with Gasteiger partial charge in [0.25, 0.3) is 0 Å². The number of carbonyl (C=O) groups is 1. The van der Waals surface area contributed by atoms with Crippen LogP contribution in [-0.2, 0) is 4.79 Å². The monoisotopic (exact) mass is 272 g/mol. The number of hydrogen-bond acceptors (Lipinski definition) is 2. The Hall–Kier alpha value is -1.35. The largest absolute Gasteiger partial charge is 0.335 e. The summed E-state index contributed by atoms with van der Waals surface area (Å²) in [4.78, 5) is 14.9. The molecule has 0 radical (unpaired) electrons. The number of nitrogens with zero attached hydrogens (tertiary/aromatic N) is 1. The molecular weight excluding hydrogens is 248 g/mol. The number of aryl methyl sites for hydroxylation is 1. The summed E-state index contributed by atoms with van der Waals surface area (Å²) in [5.74, 6) is 0.348. The van der Waals surface area contributed by atoms with E-state index in [0.717, 1.165) is 38.6 Å². The first kappa shape index (κ1) is 13.6. The molecule has 0 spiro atoms. The number of likely N-dealkylation sites (tertiary alicyclic amines) is 1. The van der Waals surface area contributed by atoms with Gasteiger partial charge in [-0.15, -0.1) is 0 Å². The molecule has 2 N–H and O–H groups in total. The maximum Gasteiger partial charge on any atom is 0.227 e. The number of nitrogens with two attached hydrogens (primary N) is 1. The van der Waals surface area contributed by atoms with E-state index in [-0.39, 0.29) is 18.0 Å². The molecule has 1 aromatic carbocycles. The van der Waals surface area contributed by atoms with Crippen molar-refractivity contribution in [3.63, 3.8) is 0 Å². The van der Waals surface area contributed by atoms with Crippen LogP contribution in [0.25, 0.3) is 0 Å². The van der Waals surface area contributed by atoms with E-state index in [0.29, 0.717) is 5.91 Å². The summed E-state index contributed by atoms with van der Waals surface area (Å²) in [6, 6.07) is 8.77. The molecule has 1 saturated carbocycles. The SMILES string of the molecule is Cc1ccccc1C1CCCN1C(=O)C1CCCC1N. The minimum atomic E-state index is 0.0552. The average molecular weight is 272 g/mol. The summed E-state index contributed by atoms with van der Waals surface area (Å²) in [6.45, 7) is 3.03. The summed E-state index contributed by atoms with van der Waals surface area (Å²) in [5, 5.41) is 0. The van der Waals surface area contributed by atoms with Crippen molar-refractivity contribution in [2.24, 2.45) is 11.7 Å². The maximum atomic E-state index is 12.8. The van der Waals surface area contributed by atoms with Crippen LogP contribution in [0.1, 0.15) is 49.3 Å². The first-order valence-corrected chi connectivity index (χ1v) is 7.80. The zero-order chi connectivity index (χ0) is 14.1. The van der Waals surface area contributed by atoms with Gasteiger partial charge in [-0.05, 0) is 43.7 Å². The summed E-state index contributed by atoms with van der Waals surface area (Å²) >= 11 is 0. The Bertz CT molecular complexity index is 500. The molecule has 3 rings (SSSR count). The average Bonchev–Trinajstić information content (AvgIpc) is 3.07. The highest BCUT2D eigenvalue weighted by Crippen LogP contribution is 2.37. The molecule has 3 unspecified atom stereocenters. The predicted molar refractivity (Wildman–Crippen MR) is 80.2 cm³/mol.